The smallest absolute Gasteiger partial charge is 0.129 e. The summed E-state index contributed by atoms with van der Waals surface area (Å²) in [5.41, 5.74) is 0. The van der Waals surface area contributed by atoms with Crippen molar-refractivity contribution < 1.29 is 0 Å². The molecule has 88 valence electrons. The van der Waals surface area contributed by atoms with Crippen LogP contribution in [0.3, 0.4) is 0 Å². The van der Waals surface area contributed by atoms with Gasteiger partial charge in [-0.05, 0) is 37.9 Å². The Bertz CT molecular complexity index is 295. The highest BCUT2D eigenvalue weighted by Crippen LogP contribution is 2.10. The summed E-state index contributed by atoms with van der Waals surface area (Å²) in [5, 5.41) is 3.34. The highest BCUT2D eigenvalue weighted by Gasteiger charge is 2.14. The van der Waals surface area contributed by atoms with Gasteiger partial charge in [-0.25, -0.2) is 9.97 Å². The Kier molecular flexibility index (Phi) is 4.10. The highest BCUT2D eigenvalue weighted by molar-refractivity contribution is 5.31. The third kappa shape index (κ3) is 3.45. The number of likely N-dealkylation sites (tertiary alicyclic amines) is 1. The lowest BCUT2D eigenvalue weighted by Crippen LogP contribution is -2.29. The van der Waals surface area contributed by atoms with E-state index in [2.05, 4.69) is 27.1 Å². The maximum atomic E-state index is 4.15. The first-order valence-corrected chi connectivity index (χ1v) is 6.07. The van der Waals surface area contributed by atoms with Crippen molar-refractivity contribution >= 4 is 5.82 Å². The molecule has 0 bridgehead atoms. The van der Waals surface area contributed by atoms with Crippen molar-refractivity contribution in [1.29, 1.82) is 0 Å². The Morgan fingerprint density at radius 1 is 1.44 bits per heavy atom. The van der Waals surface area contributed by atoms with Crippen LogP contribution < -0.4 is 5.32 Å². The number of hydrogen-bond acceptors (Lipinski definition) is 4. The van der Waals surface area contributed by atoms with Crippen LogP contribution in [-0.2, 0) is 0 Å². The minimum atomic E-state index is 0.660. The van der Waals surface area contributed by atoms with Crippen LogP contribution >= 0.6 is 0 Å². The average molecular weight is 220 g/mol. The van der Waals surface area contributed by atoms with Gasteiger partial charge in [0.1, 0.15) is 12.1 Å². The van der Waals surface area contributed by atoms with Crippen LogP contribution in [0.15, 0.2) is 18.6 Å². The molecular weight excluding hydrogens is 200 g/mol. The van der Waals surface area contributed by atoms with Crippen molar-refractivity contribution in [3.05, 3.63) is 18.6 Å². The van der Waals surface area contributed by atoms with E-state index in [1.54, 1.807) is 12.5 Å². The Morgan fingerprint density at radius 2 is 2.25 bits per heavy atom. The van der Waals surface area contributed by atoms with Crippen molar-refractivity contribution in [2.24, 2.45) is 5.92 Å². The van der Waals surface area contributed by atoms with Crippen molar-refractivity contribution in [3.8, 4) is 0 Å². The maximum absolute atomic E-state index is 4.15. The summed E-state index contributed by atoms with van der Waals surface area (Å²) < 4.78 is 0. The summed E-state index contributed by atoms with van der Waals surface area (Å²) in [5.74, 6) is 1.58. The fraction of sp³-hybridized carbons (Fsp3) is 0.667. The Labute approximate surface area is 97.1 Å². The second kappa shape index (κ2) is 5.80. The lowest BCUT2D eigenvalue weighted by Gasteiger charge is -2.20. The van der Waals surface area contributed by atoms with E-state index in [4.69, 9.17) is 0 Å². The zero-order chi connectivity index (χ0) is 11.2. The summed E-state index contributed by atoms with van der Waals surface area (Å²) in [6.45, 7) is 7.01. The molecule has 1 aromatic rings. The summed E-state index contributed by atoms with van der Waals surface area (Å²) in [6, 6.07) is 1.91. The van der Waals surface area contributed by atoms with Crippen LogP contribution in [0.25, 0.3) is 0 Å². The van der Waals surface area contributed by atoms with E-state index in [1.807, 2.05) is 6.07 Å². The first-order chi connectivity index (χ1) is 7.84. The minimum absolute atomic E-state index is 0.660. The molecule has 0 amide bonds. The lowest BCUT2D eigenvalue weighted by molar-refractivity contribution is 0.294. The van der Waals surface area contributed by atoms with Gasteiger partial charge in [0.2, 0.25) is 0 Å². The molecule has 2 rings (SSSR count). The minimum Gasteiger partial charge on any atom is -0.370 e. The van der Waals surface area contributed by atoms with E-state index in [0.29, 0.717) is 5.92 Å². The summed E-state index contributed by atoms with van der Waals surface area (Å²) >= 11 is 0. The van der Waals surface area contributed by atoms with Gasteiger partial charge in [-0.2, -0.15) is 0 Å². The predicted molar refractivity (Wildman–Crippen MR) is 65.4 cm³/mol. The fourth-order valence-corrected chi connectivity index (χ4v) is 2.14. The molecule has 0 radical (unpaired) electrons. The molecule has 0 aliphatic carbocycles. The van der Waals surface area contributed by atoms with Gasteiger partial charge in [0.15, 0.2) is 0 Å². The molecule has 2 heterocycles. The molecule has 1 fully saturated rings. The molecule has 1 aliphatic heterocycles. The number of nitrogens with zero attached hydrogens (tertiary/aromatic N) is 3. The van der Waals surface area contributed by atoms with Crippen molar-refractivity contribution in [1.82, 2.24) is 14.9 Å². The SMILES string of the molecule is CC(CNc1ccncn1)CN1CCCC1. The van der Waals surface area contributed by atoms with Crippen molar-refractivity contribution in [2.75, 3.05) is 31.5 Å². The lowest BCUT2D eigenvalue weighted by atomic mass is 10.1. The molecule has 1 aromatic heterocycles. The van der Waals surface area contributed by atoms with Gasteiger partial charge in [-0.3, -0.25) is 0 Å². The second-order valence-electron chi connectivity index (χ2n) is 4.59. The third-order valence-corrected chi connectivity index (χ3v) is 2.98. The first-order valence-electron chi connectivity index (χ1n) is 6.07. The van der Waals surface area contributed by atoms with Gasteiger partial charge in [0, 0.05) is 19.3 Å². The van der Waals surface area contributed by atoms with Crippen molar-refractivity contribution in [2.45, 2.75) is 19.8 Å². The quantitative estimate of drug-likeness (QED) is 0.818. The molecule has 4 nitrogen and oxygen atoms in total. The van der Waals surface area contributed by atoms with Gasteiger partial charge in [0.25, 0.3) is 0 Å². The molecule has 0 saturated carbocycles. The first kappa shape index (κ1) is 11.3. The predicted octanol–water partition coefficient (Wildman–Crippen LogP) is 1.62. The van der Waals surface area contributed by atoms with Gasteiger partial charge in [0.05, 0.1) is 0 Å². The third-order valence-electron chi connectivity index (χ3n) is 2.98. The zero-order valence-electron chi connectivity index (χ0n) is 9.89. The molecule has 1 N–H and O–H groups in total. The normalized spacial score (nSPS) is 18.6. The molecule has 0 aromatic carbocycles. The monoisotopic (exact) mass is 220 g/mol. The molecule has 4 heteroatoms. The topological polar surface area (TPSA) is 41.1 Å². The average Bonchev–Trinajstić information content (AvgIpc) is 2.81. The van der Waals surface area contributed by atoms with Crippen LogP contribution in [0.5, 0.6) is 0 Å². The number of anilines is 1. The molecule has 1 atom stereocenters. The standard InChI is InChI=1S/C12H20N4/c1-11(9-16-6-2-3-7-16)8-14-12-4-5-13-10-15-12/h4-5,10-11H,2-3,6-9H2,1H3,(H,13,14,15). The van der Waals surface area contributed by atoms with E-state index in [-0.39, 0.29) is 0 Å². The van der Waals surface area contributed by atoms with E-state index >= 15 is 0 Å². The van der Waals surface area contributed by atoms with Crippen LogP contribution in [0.2, 0.25) is 0 Å². The molecule has 0 spiro atoms. The molecular formula is C12H20N4. The van der Waals surface area contributed by atoms with Gasteiger partial charge >= 0.3 is 0 Å². The zero-order valence-corrected chi connectivity index (χ0v) is 9.89. The number of rotatable bonds is 5. The largest absolute Gasteiger partial charge is 0.370 e. The number of nitrogens with one attached hydrogen (secondary N) is 1. The van der Waals surface area contributed by atoms with E-state index in [9.17, 15) is 0 Å². The van der Waals surface area contributed by atoms with E-state index < -0.39 is 0 Å². The van der Waals surface area contributed by atoms with Crippen LogP contribution in [-0.4, -0.2) is 41.0 Å². The van der Waals surface area contributed by atoms with Crippen LogP contribution in [0, 0.1) is 5.92 Å². The van der Waals surface area contributed by atoms with Crippen LogP contribution in [0.1, 0.15) is 19.8 Å². The number of aromatic nitrogens is 2. The van der Waals surface area contributed by atoms with Crippen molar-refractivity contribution in [3.63, 3.8) is 0 Å². The molecule has 1 unspecified atom stereocenters. The molecule has 1 saturated heterocycles. The van der Waals surface area contributed by atoms with Gasteiger partial charge < -0.3 is 10.2 Å². The Hall–Kier alpha value is -1.16. The molecule has 1 aliphatic rings. The van der Waals surface area contributed by atoms with E-state index in [1.165, 1.54) is 32.5 Å². The van der Waals surface area contributed by atoms with Gasteiger partial charge in [-0.15, -0.1) is 0 Å². The Morgan fingerprint density at radius 3 is 2.94 bits per heavy atom. The van der Waals surface area contributed by atoms with Crippen LogP contribution in [0.4, 0.5) is 5.82 Å². The van der Waals surface area contributed by atoms with E-state index in [0.717, 1.165) is 12.4 Å². The maximum Gasteiger partial charge on any atom is 0.129 e. The summed E-state index contributed by atoms with van der Waals surface area (Å²) in [6.07, 6.45) is 6.08. The second-order valence-corrected chi connectivity index (χ2v) is 4.59. The van der Waals surface area contributed by atoms with Gasteiger partial charge in [-0.1, -0.05) is 6.92 Å². The highest BCUT2D eigenvalue weighted by atomic mass is 15.1. The fourth-order valence-electron chi connectivity index (χ4n) is 2.14. The summed E-state index contributed by atoms with van der Waals surface area (Å²) in [4.78, 5) is 10.6. The summed E-state index contributed by atoms with van der Waals surface area (Å²) in [7, 11) is 0. The molecule has 16 heavy (non-hydrogen) atoms. The Balaban J connectivity index is 1.69. The number of hydrogen-bond donors (Lipinski definition) is 1.